The molecule has 0 aliphatic rings. The van der Waals surface area contributed by atoms with Crippen LogP contribution in [0.15, 0.2) is 34.2 Å². The third-order valence-corrected chi connectivity index (χ3v) is 4.22. The number of hydrazine groups is 1. The van der Waals surface area contributed by atoms with Crippen LogP contribution in [0, 0.1) is 0 Å². The highest BCUT2D eigenvalue weighted by Gasteiger charge is 2.18. The number of nitrogen functional groups attached to an aromatic ring is 1. The van der Waals surface area contributed by atoms with Crippen molar-refractivity contribution in [1.82, 2.24) is 14.7 Å². The molecule has 96 valence electrons. The summed E-state index contributed by atoms with van der Waals surface area (Å²) in [5.74, 6) is 5.26. The van der Waals surface area contributed by atoms with E-state index in [1.165, 1.54) is 29.8 Å². The van der Waals surface area contributed by atoms with Crippen molar-refractivity contribution in [2.45, 2.75) is 11.4 Å². The molecule has 0 saturated heterocycles. The van der Waals surface area contributed by atoms with Gasteiger partial charge < -0.3 is 5.43 Å². The van der Waals surface area contributed by atoms with E-state index < -0.39 is 10.0 Å². The molecule has 4 N–H and O–H groups in total. The van der Waals surface area contributed by atoms with Crippen LogP contribution in [0.2, 0.25) is 0 Å². The Hall–Kier alpha value is -1.55. The zero-order valence-corrected chi connectivity index (χ0v) is 10.8. The number of aromatic nitrogens is 2. The van der Waals surface area contributed by atoms with Gasteiger partial charge in [-0.3, -0.25) is 10.8 Å². The van der Waals surface area contributed by atoms with E-state index in [1.54, 1.807) is 10.9 Å². The van der Waals surface area contributed by atoms with Gasteiger partial charge in [-0.15, -0.1) is 11.3 Å². The number of nitrogens with one attached hydrogen (secondary N) is 2. The molecule has 0 unspecified atom stereocenters. The van der Waals surface area contributed by atoms with Gasteiger partial charge in [-0.2, -0.15) is 0 Å². The van der Waals surface area contributed by atoms with E-state index in [0.717, 1.165) is 0 Å². The first-order chi connectivity index (χ1) is 8.63. The number of hydrogen-bond acceptors (Lipinski definition) is 7. The van der Waals surface area contributed by atoms with Crippen molar-refractivity contribution in [3.05, 3.63) is 35.0 Å². The molecular weight excluding hydrogens is 274 g/mol. The molecule has 0 radical (unpaired) electrons. The molecule has 0 spiro atoms. The van der Waals surface area contributed by atoms with Gasteiger partial charge in [0.2, 0.25) is 10.0 Å². The fourth-order valence-electron chi connectivity index (χ4n) is 1.28. The second-order valence-corrected chi connectivity index (χ2v) is 5.77. The molecule has 2 rings (SSSR count). The molecular formula is C9H11N5O2S2. The Labute approximate surface area is 108 Å². The molecule has 9 heteroatoms. The Morgan fingerprint density at radius 1 is 1.44 bits per heavy atom. The number of anilines is 1. The van der Waals surface area contributed by atoms with Crippen molar-refractivity contribution >= 4 is 27.0 Å². The summed E-state index contributed by atoms with van der Waals surface area (Å²) in [6, 6.07) is 1.48. The lowest BCUT2D eigenvalue weighted by Gasteiger charge is -2.09. The average Bonchev–Trinajstić information content (AvgIpc) is 2.89. The zero-order chi connectivity index (χ0) is 13.0. The largest absolute Gasteiger partial charge is 0.323 e. The Morgan fingerprint density at radius 3 is 2.94 bits per heavy atom. The second kappa shape index (κ2) is 5.40. The number of nitrogens with two attached hydrogens (primary N) is 1. The van der Waals surface area contributed by atoms with Crippen LogP contribution in [0.4, 0.5) is 5.69 Å². The number of thiazole rings is 1. The van der Waals surface area contributed by atoms with Gasteiger partial charge in [-0.1, -0.05) is 0 Å². The van der Waals surface area contributed by atoms with E-state index in [1.807, 2.05) is 0 Å². The summed E-state index contributed by atoms with van der Waals surface area (Å²) in [7, 11) is -3.67. The van der Waals surface area contributed by atoms with E-state index in [4.69, 9.17) is 5.84 Å². The molecule has 0 aromatic carbocycles. The summed E-state index contributed by atoms with van der Waals surface area (Å²) in [4.78, 5) is 7.77. The van der Waals surface area contributed by atoms with Gasteiger partial charge in [0.1, 0.15) is 4.90 Å². The minimum absolute atomic E-state index is 0.00253. The first kappa shape index (κ1) is 12.9. The maximum Gasteiger partial charge on any atom is 0.244 e. The van der Waals surface area contributed by atoms with Gasteiger partial charge in [-0.25, -0.2) is 18.1 Å². The number of pyridine rings is 1. The summed E-state index contributed by atoms with van der Waals surface area (Å²) >= 11 is 1.40. The van der Waals surface area contributed by atoms with E-state index in [9.17, 15) is 8.42 Å². The summed E-state index contributed by atoms with van der Waals surface area (Å²) in [5.41, 5.74) is 4.91. The smallest absolute Gasteiger partial charge is 0.244 e. The number of nitrogens with zero attached hydrogens (tertiary/aromatic N) is 2. The van der Waals surface area contributed by atoms with Gasteiger partial charge in [0.25, 0.3) is 0 Å². The van der Waals surface area contributed by atoms with Gasteiger partial charge in [0.05, 0.1) is 23.4 Å². The van der Waals surface area contributed by atoms with E-state index >= 15 is 0 Å². The molecule has 0 bridgehead atoms. The number of rotatable bonds is 5. The predicted molar refractivity (Wildman–Crippen MR) is 68.2 cm³/mol. The average molecular weight is 285 g/mol. The van der Waals surface area contributed by atoms with Crippen LogP contribution in [-0.2, 0) is 16.6 Å². The van der Waals surface area contributed by atoms with Crippen LogP contribution in [0.1, 0.15) is 5.69 Å². The fourth-order valence-corrected chi connectivity index (χ4v) is 2.95. The lowest BCUT2D eigenvalue weighted by molar-refractivity contribution is 0.580. The Kier molecular flexibility index (Phi) is 3.87. The molecule has 0 fully saturated rings. The van der Waals surface area contributed by atoms with Crippen LogP contribution in [-0.4, -0.2) is 18.4 Å². The highest BCUT2D eigenvalue weighted by Crippen LogP contribution is 2.18. The fraction of sp³-hybridized carbons (Fsp3) is 0.111. The molecule has 0 amide bonds. The molecule has 0 aliphatic carbocycles. The summed E-state index contributed by atoms with van der Waals surface area (Å²) in [6.45, 7) is 0.130. The lowest BCUT2D eigenvalue weighted by atomic mass is 10.4. The van der Waals surface area contributed by atoms with Gasteiger partial charge in [-0.05, 0) is 6.07 Å². The van der Waals surface area contributed by atoms with Gasteiger partial charge >= 0.3 is 0 Å². The molecule has 0 saturated carbocycles. The van der Waals surface area contributed by atoms with E-state index in [2.05, 4.69) is 20.1 Å². The SMILES string of the molecule is NNc1ccncc1S(=O)(=O)NCc1cscn1. The monoisotopic (exact) mass is 285 g/mol. The van der Waals surface area contributed by atoms with Crippen molar-refractivity contribution in [2.24, 2.45) is 5.84 Å². The highest BCUT2D eigenvalue weighted by atomic mass is 32.2. The standard InChI is InChI=1S/C9H11N5O2S2/c10-14-8-1-2-11-4-9(8)18(15,16)13-3-7-5-17-6-12-7/h1-2,4-6,13H,3,10H2,(H,11,14). The van der Waals surface area contributed by atoms with Crippen LogP contribution in [0.25, 0.3) is 0 Å². The molecule has 0 aliphatic heterocycles. The Balaban J connectivity index is 2.20. The normalized spacial score (nSPS) is 11.4. The van der Waals surface area contributed by atoms with Crippen molar-refractivity contribution in [1.29, 1.82) is 0 Å². The van der Waals surface area contributed by atoms with Crippen LogP contribution < -0.4 is 16.0 Å². The van der Waals surface area contributed by atoms with Gasteiger partial charge in [0, 0.05) is 17.8 Å². The number of hydrogen-bond donors (Lipinski definition) is 3. The maximum atomic E-state index is 12.0. The molecule has 2 aromatic rings. The first-order valence-electron chi connectivity index (χ1n) is 4.91. The summed E-state index contributed by atoms with van der Waals surface area (Å²) in [6.07, 6.45) is 2.69. The molecule has 2 heterocycles. The molecule has 0 atom stereocenters. The van der Waals surface area contributed by atoms with Crippen LogP contribution in [0.5, 0.6) is 0 Å². The minimum Gasteiger partial charge on any atom is -0.323 e. The Bertz CT molecular complexity index is 612. The second-order valence-electron chi connectivity index (χ2n) is 3.32. The quantitative estimate of drug-likeness (QED) is 0.538. The first-order valence-corrected chi connectivity index (χ1v) is 7.33. The summed E-state index contributed by atoms with van der Waals surface area (Å²) in [5, 5.41) is 1.77. The van der Waals surface area contributed by atoms with Crippen molar-refractivity contribution < 1.29 is 8.42 Å². The van der Waals surface area contributed by atoms with Crippen molar-refractivity contribution in [3.63, 3.8) is 0 Å². The maximum absolute atomic E-state index is 12.0. The van der Waals surface area contributed by atoms with Crippen molar-refractivity contribution in [3.8, 4) is 0 Å². The Morgan fingerprint density at radius 2 is 2.28 bits per heavy atom. The molecule has 2 aromatic heterocycles. The number of sulfonamides is 1. The van der Waals surface area contributed by atoms with Gasteiger partial charge in [0.15, 0.2) is 0 Å². The van der Waals surface area contributed by atoms with Crippen LogP contribution in [0.3, 0.4) is 0 Å². The third kappa shape index (κ3) is 2.82. The highest BCUT2D eigenvalue weighted by molar-refractivity contribution is 7.89. The van der Waals surface area contributed by atoms with E-state index in [0.29, 0.717) is 5.69 Å². The van der Waals surface area contributed by atoms with Crippen LogP contribution >= 0.6 is 11.3 Å². The third-order valence-electron chi connectivity index (χ3n) is 2.16. The molecule has 7 nitrogen and oxygen atoms in total. The zero-order valence-electron chi connectivity index (χ0n) is 9.20. The summed E-state index contributed by atoms with van der Waals surface area (Å²) < 4.78 is 26.5. The minimum atomic E-state index is -3.67. The predicted octanol–water partition coefficient (Wildman–Crippen LogP) is 0.302. The van der Waals surface area contributed by atoms with E-state index in [-0.39, 0.29) is 17.1 Å². The molecule has 18 heavy (non-hydrogen) atoms. The topological polar surface area (TPSA) is 110 Å². The lowest BCUT2D eigenvalue weighted by Crippen LogP contribution is -2.25. The van der Waals surface area contributed by atoms with Crippen molar-refractivity contribution in [2.75, 3.05) is 5.43 Å².